The highest BCUT2D eigenvalue weighted by atomic mass is 32.2. The third-order valence-electron chi connectivity index (χ3n) is 4.83. The molecule has 1 heterocycles. The molecule has 4 heteroatoms. The molecule has 1 atom stereocenters. The lowest BCUT2D eigenvalue weighted by atomic mass is 10.0. The van der Waals surface area contributed by atoms with Crippen molar-refractivity contribution in [1.82, 2.24) is 4.31 Å². The number of hydrogen-bond donors (Lipinski definition) is 0. The van der Waals surface area contributed by atoms with E-state index in [0.717, 1.165) is 30.4 Å². The molecular formula is C20H25NO2S. The normalized spacial score (nSPS) is 18.8. The van der Waals surface area contributed by atoms with Gasteiger partial charge in [0.15, 0.2) is 0 Å². The molecule has 1 fully saturated rings. The third-order valence-corrected chi connectivity index (χ3v) is 6.72. The van der Waals surface area contributed by atoms with Crippen LogP contribution in [0.25, 0.3) is 0 Å². The number of nitrogens with zero attached hydrogens (tertiary/aromatic N) is 1. The fourth-order valence-electron chi connectivity index (χ4n) is 3.57. The summed E-state index contributed by atoms with van der Waals surface area (Å²) in [6, 6.07) is 16.1. The maximum atomic E-state index is 12.9. The van der Waals surface area contributed by atoms with Gasteiger partial charge in [0.1, 0.15) is 0 Å². The molecule has 1 saturated heterocycles. The average molecular weight is 343 g/mol. The van der Waals surface area contributed by atoms with Crippen molar-refractivity contribution >= 4 is 10.0 Å². The first-order chi connectivity index (χ1) is 11.5. The monoisotopic (exact) mass is 343 g/mol. The Morgan fingerprint density at radius 1 is 1.08 bits per heavy atom. The highest BCUT2D eigenvalue weighted by Gasteiger charge is 2.34. The maximum Gasteiger partial charge on any atom is 0.218 e. The van der Waals surface area contributed by atoms with Crippen molar-refractivity contribution in [3.63, 3.8) is 0 Å². The van der Waals surface area contributed by atoms with E-state index in [2.05, 4.69) is 19.1 Å². The van der Waals surface area contributed by atoms with Gasteiger partial charge >= 0.3 is 0 Å². The second kappa shape index (κ2) is 7.08. The Morgan fingerprint density at radius 2 is 1.88 bits per heavy atom. The van der Waals surface area contributed by atoms with Crippen molar-refractivity contribution in [1.29, 1.82) is 0 Å². The zero-order chi connectivity index (χ0) is 17.2. The number of aryl methyl sites for hydroxylation is 2. The van der Waals surface area contributed by atoms with Gasteiger partial charge in [-0.25, -0.2) is 8.42 Å². The van der Waals surface area contributed by atoms with Gasteiger partial charge in [0.05, 0.1) is 5.75 Å². The second-order valence-corrected chi connectivity index (χ2v) is 8.70. The summed E-state index contributed by atoms with van der Waals surface area (Å²) in [4.78, 5) is 0. The molecule has 3 rings (SSSR count). The quantitative estimate of drug-likeness (QED) is 0.827. The summed E-state index contributed by atoms with van der Waals surface area (Å²) < 4.78 is 27.6. The number of rotatable bonds is 5. The number of hydrogen-bond acceptors (Lipinski definition) is 2. The van der Waals surface area contributed by atoms with Gasteiger partial charge in [0, 0.05) is 12.6 Å². The fourth-order valence-corrected chi connectivity index (χ4v) is 5.38. The van der Waals surface area contributed by atoms with Crippen molar-refractivity contribution in [3.8, 4) is 0 Å². The Balaban J connectivity index is 1.78. The van der Waals surface area contributed by atoms with Crippen LogP contribution in [0, 0.1) is 13.8 Å². The minimum absolute atomic E-state index is 0.0842. The van der Waals surface area contributed by atoms with Crippen LogP contribution >= 0.6 is 0 Å². The van der Waals surface area contributed by atoms with Gasteiger partial charge in [-0.2, -0.15) is 4.31 Å². The van der Waals surface area contributed by atoms with E-state index in [1.807, 2.05) is 43.3 Å². The molecule has 0 bridgehead atoms. The van der Waals surface area contributed by atoms with Crippen LogP contribution in [-0.4, -0.2) is 25.3 Å². The van der Waals surface area contributed by atoms with E-state index in [-0.39, 0.29) is 11.8 Å². The molecule has 0 aromatic heterocycles. The van der Waals surface area contributed by atoms with Crippen LogP contribution < -0.4 is 0 Å². The molecule has 0 aliphatic carbocycles. The van der Waals surface area contributed by atoms with Crippen molar-refractivity contribution in [2.45, 2.75) is 44.9 Å². The Morgan fingerprint density at radius 3 is 2.62 bits per heavy atom. The minimum atomic E-state index is -3.28. The van der Waals surface area contributed by atoms with Gasteiger partial charge in [-0.3, -0.25) is 0 Å². The summed E-state index contributed by atoms with van der Waals surface area (Å²) in [5.74, 6) is 0.0962. The van der Waals surface area contributed by atoms with E-state index < -0.39 is 10.0 Å². The largest absolute Gasteiger partial charge is 0.218 e. The van der Waals surface area contributed by atoms with E-state index in [1.54, 1.807) is 4.31 Å². The summed E-state index contributed by atoms with van der Waals surface area (Å²) in [5.41, 5.74) is 4.46. The SMILES string of the molecule is Cc1cccc(CS(=O)(=O)N2CCCC2Cc2ccccc2C)c1. The highest BCUT2D eigenvalue weighted by Crippen LogP contribution is 2.27. The van der Waals surface area contributed by atoms with Gasteiger partial charge in [-0.05, 0) is 49.8 Å². The first kappa shape index (κ1) is 17.2. The first-order valence-corrected chi connectivity index (χ1v) is 10.2. The van der Waals surface area contributed by atoms with Crippen molar-refractivity contribution in [2.24, 2.45) is 0 Å². The maximum absolute atomic E-state index is 12.9. The first-order valence-electron chi connectivity index (χ1n) is 8.55. The predicted molar refractivity (Wildman–Crippen MR) is 98.4 cm³/mol. The van der Waals surface area contributed by atoms with Crippen LogP contribution in [0.15, 0.2) is 48.5 Å². The van der Waals surface area contributed by atoms with Crippen molar-refractivity contribution < 1.29 is 8.42 Å². The van der Waals surface area contributed by atoms with Gasteiger partial charge in [-0.15, -0.1) is 0 Å². The van der Waals surface area contributed by atoms with Gasteiger partial charge in [-0.1, -0.05) is 54.1 Å². The lowest BCUT2D eigenvalue weighted by Gasteiger charge is -2.25. The number of sulfonamides is 1. The van der Waals surface area contributed by atoms with Crippen LogP contribution in [0.4, 0.5) is 0 Å². The van der Waals surface area contributed by atoms with E-state index >= 15 is 0 Å². The van der Waals surface area contributed by atoms with Crippen LogP contribution in [0.5, 0.6) is 0 Å². The molecule has 0 spiro atoms. The average Bonchev–Trinajstić information content (AvgIpc) is 2.98. The number of benzene rings is 2. The van der Waals surface area contributed by atoms with E-state index in [4.69, 9.17) is 0 Å². The van der Waals surface area contributed by atoms with Gasteiger partial charge in [0.2, 0.25) is 10.0 Å². The van der Waals surface area contributed by atoms with Gasteiger partial charge in [0.25, 0.3) is 0 Å². The molecule has 2 aromatic rings. The molecule has 1 aliphatic rings. The molecule has 128 valence electrons. The van der Waals surface area contributed by atoms with Crippen molar-refractivity contribution in [3.05, 3.63) is 70.8 Å². The molecule has 0 saturated carbocycles. The summed E-state index contributed by atoms with van der Waals surface area (Å²) in [7, 11) is -3.28. The molecule has 2 aromatic carbocycles. The minimum Gasteiger partial charge on any atom is -0.212 e. The Kier molecular flexibility index (Phi) is 5.07. The summed E-state index contributed by atoms with van der Waals surface area (Å²) in [6.45, 7) is 4.73. The topological polar surface area (TPSA) is 37.4 Å². The predicted octanol–water partition coefficient (Wildman–Crippen LogP) is 3.84. The fraction of sp³-hybridized carbons (Fsp3) is 0.400. The van der Waals surface area contributed by atoms with E-state index in [0.29, 0.717) is 6.54 Å². The molecule has 0 radical (unpaired) electrons. The summed E-state index contributed by atoms with van der Waals surface area (Å²) >= 11 is 0. The smallest absolute Gasteiger partial charge is 0.212 e. The van der Waals surface area contributed by atoms with Crippen LogP contribution in [0.3, 0.4) is 0 Å². The third kappa shape index (κ3) is 3.87. The zero-order valence-electron chi connectivity index (χ0n) is 14.4. The molecule has 3 nitrogen and oxygen atoms in total. The molecule has 1 unspecified atom stereocenters. The lowest BCUT2D eigenvalue weighted by Crippen LogP contribution is -2.37. The highest BCUT2D eigenvalue weighted by molar-refractivity contribution is 7.88. The zero-order valence-corrected chi connectivity index (χ0v) is 15.2. The Labute approximate surface area is 145 Å². The standard InChI is InChI=1S/C20H25NO2S/c1-16-7-5-9-18(13-16)15-24(22,23)21-12-6-11-20(21)14-19-10-4-3-8-17(19)2/h3-5,7-10,13,20H,6,11-12,14-15H2,1-2H3. The molecular weight excluding hydrogens is 318 g/mol. The lowest BCUT2D eigenvalue weighted by molar-refractivity contribution is 0.385. The van der Waals surface area contributed by atoms with Crippen molar-refractivity contribution in [2.75, 3.05) is 6.54 Å². The Hall–Kier alpha value is -1.65. The molecule has 24 heavy (non-hydrogen) atoms. The molecule has 1 aliphatic heterocycles. The summed E-state index contributed by atoms with van der Waals surface area (Å²) in [5, 5.41) is 0. The second-order valence-electron chi connectivity index (χ2n) is 6.78. The van der Waals surface area contributed by atoms with E-state index in [1.165, 1.54) is 11.1 Å². The van der Waals surface area contributed by atoms with Crippen LogP contribution in [0.2, 0.25) is 0 Å². The summed E-state index contributed by atoms with van der Waals surface area (Å²) in [6.07, 6.45) is 2.70. The Bertz CT molecular complexity index is 814. The molecule has 0 amide bonds. The van der Waals surface area contributed by atoms with Gasteiger partial charge < -0.3 is 0 Å². The van der Waals surface area contributed by atoms with Crippen LogP contribution in [-0.2, 0) is 22.2 Å². The molecule has 0 N–H and O–H groups in total. The van der Waals surface area contributed by atoms with E-state index in [9.17, 15) is 8.42 Å². The van der Waals surface area contributed by atoms with Crippen LogP contribution in [0.1, 0.15) is 35.1 Å².